The van der Waals surface area contributed by atoms with Gasteiger partial charge in [-0.3, -0.25) is 10.1 Å². The van der Waals surface area contributed by atoms with Gasteiger partial charge >= 0.3 is 6.18 Å². The molecule has 1 aliphatic rings. The van der Waals surface area contributed by atoms with Crippen LogP contribution in [0.4, 0.5) is 18.9 Å². The van der Waals surface area contributed by atoms with Gasteiger partial charge in [0.1, 0.15) is 5.56 Å². The third-order valence-corrected chi connectivity index (χ3v) is 4.85. The highest BCUT2D eigenvalue weighted by atomic mass is 32.2. The molecule has 0 bridgehead atoms. The van der Waals surface area contributed by atoms with Crippen LogP contribution in [0.5, 0.6) is 0 Å². The Morgan fingerprint density at radius 2 is 2.17 bits per heavy atom. The molecule has 0 fully saturated rings. The van der Waals surface area contributed by atoms with Crippen molar-refractivity contribution in [2.45, 2.75) is 29.0 Å². The van der Waals surface area contributed by atoms with Gasteiger partial charge in [0.15, 0.2) is 0 Å². The quantitative estimate of drug-likeness (QED) is 0.683. The maximum absolute atomic E-state index is 13.0. The monoisotopic (exact) mass is 345 g/mol. The molecule has 0 radical (unpaired) electrons. The Balaban J connectivity index is 1.98. The van der Waals surface area contributed by atoms with Gasteiger partial charge in [-0.25, -0.2) is 4.98 Å². The van der Waals surface area contributed by atoms with Crippen LogP contribution in [-0.2, 0) is 12.7 Å². The first-order valence-corrected chi connectivity index (χ1v) is 7.35. The molecule has 1 aliphatic heterocycles. The van der Waals surface area contributed by atoms with Gasteiger partial charge in [0.05, 0.1) is 22.6 Å². The fourth-order valence-electron chi connectivity index (χ4n) is 2.46. The number of benzene rings is 1. The van der Waals surface area contributed by atoms with E-state index >= 15 is 0 Å². The van der Waals surface area contributed by atoms with E-state index < -0.39 is 33.7 Å². The third-order valence-electron chi connectivity index (χ3n) is 3.53. The zero-order valence-electron chi connectivity index (χ0n) is 11.4. The summed E-state index contributed by atoms with van der Waals surface area (Å²) in [4.78, 5) is 13.9. The second-order valence-corrected chi connectivity index (χ2v) is 6.30. The van der Waals surface area contributed by atoms with Crippen LogP contribution in [0.25, 0.3) is 0 Å². The molecule has 3 rings (SSSR count). The number of thioether (sulfide) groups is 1. The number of aromatic nitrogens is 2. The van der Waals surface area contributed by atoms with Crippen molar-refractivity contribution in [2.24, 2.45) is 0 Å². The van der Waals surface area contributed by atoms with Crippen LogP contribution in [-0.4, -0.2) is 24.8 Å². The standard InChI is InChI=1S/C13H10F3N3O3S/c14-13(15,16)8-4-10-7(3-9(8)19(21)22)12(20)11(23-10)5-18-2-1-17-6-18/h1-4,6,11-12,20H,5H2/t11-,12-/m0/s1. The van der Waals surface area contributed by atoms with Crippen molar-refractivity contribution in [2.75, 3.05) is 0 Å². The molecule has 6 nitrogen and oxygen atoms in total. The molecule has 23 heavy (non-hydrogen) atoms. The molecule has 1 N–H and O–H groups in total. The zero-order valence-corrected chi connectivity index (χ0v) is 12.2. The summed E-state index contributed by atoms with van der Waals surface area (Å²) in [6.07, 6.45) is -1.17. The van der Waals surface area contributed by atoms with Gasteiger partial charge in [0.2, 0.25) is 0 Å². The fraction of sp³-hybridized carbons (Fsp3) is 0.308. The van der Waals surface area contributed by atoms with Crippen molar-refractivity contribution < 1.29 is 23.2 Å². The number of imidazole rings is 1. The van der Waals surface area contributed by atoms with E-state index in [2.05, 4.69) is 4.98 Å². The molecule has 0 aliphatic carbocycles. The minimum Gasteiger partial charge on any atom is -0.387 e. The van der Waals surface area contributed by atoms with E-state index in [0.29, 0.717) is 6.54 Å². The molecular weight excluding hydrogens is 335 g/mol. The molecule has 0 spiro atoms. The smallest absolute Gasteiger partial charge is 0.387 e. The largest absolute Gasteiger partial charge is 0.423 e. The first-order chi connectivity index (χ1) is 10.8. The van der Waals surface area contributed by atoms with Crippen LogP contribution in [0.3, 0.4) is 0 Å². The van der Waals surface area contributed by atoms with Gasteiger partial charge in [0, 0.05) is 35.5 Å². The van der Waals surface area contributed by atoms with E-state index in [1.54, 1.807) is 17.0 Å². The lowest BCUT2D eigenvalue weighted by molar-refractivity contribution is -0.388. The Morgan fingerprint density at radius 3 is 2.74 bits per heavy atom. The molecular formula is C13H10F3N3O3S. The molecule has 1 aromatic carbocycles. The molecule has 10 heteroatoms. The van der Waals surface area contributed by atoms with Crippen LogP contribution in [0.2, 0.25) is 0 Å². The molecule has 0 amide bonds. The second kappa shape index (κ2) is 5.53. The van der Waals surface area contributed by atoms with Gasteiger partial charge in [-0.1, -0.05) is 0 Å². The summed E-state index contributed by atoms with van der Waals surface area (Å²) < 4.78 is 40.7. The molecule has 2 aromatic rings. The molecule has 0 unspecified atom stereocenters. The van der Waals surface area contributed by atoms with Crippen LogP contribution in [0.1, 0.15) is 17.2 Å². The number of hydrogen-bond acceptors (Lipinski definition) is 5. The van der Waals surface area contributed by atoms with Crippen molar-refractivity contribution in [3.05, 3.63) is 52.1 Å². The van der Waals surface area contributed by atoms with Gasteiger partial charge in [-0.05, 0) is 6.07 Å². The van der Waals surface area contributed by atoms with Crippen LogP contribution >= 0.6 is 11.8 Å². The SMILES string of the molecule is O=[N+]([O-])c1cc2c(cc1C(F)(F)F)S[C@@H](Cn1ccnc1)[C@H]2O. The Labute approximate surface area is 132 Å². The predicted octanol–water partition coefficient (Wildman–Crippen LogP) is 3.02. The average molecular weight is 345 g/mol. The number of alkyl halides is 3. The number of halogens is 3. The number of hydrogen-bond donors (Lipinski definition) is 1. The van der Waals surface area contributed by atoms with Crippen molar-refractivity contribution in [1.82, 2.24) is 9.55 Å². The Hall–Kier alpha value is -2.07. The number of fused-ring (bicyclic) bond motifs is 1. The highest BCUT2D eigenvalue weighted by molar-refractivity contribution is 8.00. The van der Waals surface area contributed by atoms with Gasteiger partial charge in [0.25, 0.3) is 5.69 Å². The van der Waals surface area contributed by atoms with Crippen LogP contribution < -0.4 is 0 Å². The van der Waals surface area contributed by atoms with E-state index in [-0.39, 0.29) is 10.5 Å². The first-order valence-electron chi connectivity index (χ1n) is 6.47. The Bertz CT molecular complexity index is 749. The van der Waals surface area contributed by atoms with Crippen LogP contribution in [0, 0.1) is 10.1 Å². The number of aliphatic hydroxyl groups is 1. The number of nitrogens with zero attached hydrogens (tertiary/aromatic N) is 3. The van der Waals surface area contributed by atoms with E-state index in [1.165, 1.54) is 6.33 Å². The van der Waals surface area contributed by atoms with E-state index in [4.69, 9.17) is 0 Å². The van der Waals surface area contributed by atoms with Gasteiger partial charge in [-0.2, -0.15) is 13.2 Å². The van der Waals surface area contributed by atoms with Gasteiger partial charge in [-0.15, -0.1) is 11.8 Å². The number of nitro benzene ring substituents is 1. The highest BCUT2D eigenvalue weighted by Crippen LogP contribution is 2.49. The summed E-state index contributed by atoms with van der Waals surface area (Å²) in [5, 5.41) is 20.8. The summed E-state index contributed by atoms with van der Waals surface area (Å²) >= 11 is 1.07. The Kier molecular flexibility index (Phi) is 3.80. The first kappa shape index (κ1) is 15.8. The molecule has 1 aromatic heterocycles. The second-order valence-electron chi connectivity index (χ2n) is 5.02. The molecule has 0 saturated heterocycles. The summed E-state index contributed by atoms with van der Waals surface area (Å²) in [7, 11) is 0. The molecule has 122 valence electrons. The summed E-state index contributed by atoms with van der Waals surface area (Å²) in [5.41, 5.74) is -2.19. The number of rotatable bonds is 3. The Morgan fingerprint density at radius 1 is 1.43 bits per heavy atom. The lowest BCUT2D eigenvalue weighted by atomic mass is 10.0. The summed E-state index contributed by atoms with van der Waals surface area (Å²) in [5.74, 6) is 0. The van der Waals surface area contributed by atoms with Crippen molar-refractivity contribution >= 4 is 17.4 Å². The minimum absolute atomic E-state index is 0.153. The molecule has 0 saturated carbocycles. The van der Waals surface area contributed by atoms with Crippen molar-refractivity contribution in [1.29, 1.82) is 0 Å². The fourth-order valence-corrected chi connectivity index (χ4v) is 3.81. The maximum Gasteiger partial charge on any atom is 0.423 e. The lowest BCUT2D eigenvalue weighted by Crippen LogP contribution is -2.16. The highest BCUT2D eigenvalue weighted by Gasteiger charge is 2.42. The van der Waals surface area contributed by atoms with E-state index in [1.807, 2.05) is 0 Å². The summed E-state index contributed by atoms with van der Waals surface area (Å²) in [6.45, 7) is 0.329. The molecule has 2 heterocycles. The maximum atomic E-state index is 13.0. The van der Waals surface area contributed by atoms with Crippen molar-refractivity contribution in [3.8, 4) is 0 Å². The number of aliphatic hydroxyl groups excluding tert-OH is 1. The van der Waals surface area contributed by atoms with E-state index in [0.717, 1.165) is 23.9 Å². The topological polar surface area (TPSA) is 81.2 Å². The normalized spacial score (nSPS) is 20.5. The molecule has 2 atom stereocenters. The van der Waals surface area contributed by atoms with Crippen molar-refractivity contribution in [3.63, 3.8) is 0 Å². The zero-order chi connectivity index (χ0) is 16.8. The average Bonchev–Trinajstić information content (AvgIpc) is 3.06. The number of nitro groups is 1. The van der Waals surface area contributed by atoms with E-state index in [9.17, 15) is 28.4 Å². The van der Waals surface area contributed by atoms with Gasteiger partial charge < -0.3 is 9.67 Å². The minimum atomic E-state index is -4.83. The van der Waals surface area contributed by atoms with Crippen LogP contribution in [0.15, 0.2) is 35.7 Å². The third kappa shape index (κ3) is 2.91. The predicted molar refractivity (Wildman–Crippen MR) is 74.9 cm³/mol. The summed E-state index contributed by atoms with van der Waals surface area (Å²) in [6, 6.07) is 1.57. The lowest BCUT2D eigenvalue weighted by Gasteiger charge is -2.14.